The second-order valence-electron chi connectivity index (χ2n) is 8.08. The van der Waals surface area contributed by atoms with Crippen molar-refractivity contribution >= 4 is 10.9 Å². The lowest BCUT2D eigenvalue weighted by molar-refractivity contribution is 0.250. The van der Waals surface area contributed by atoms with Crippen LogP contribution in [0, 0.1) is 0 Å². The van der Waals surface area contributed by atoms with Gasteiger partial charge in [-0.05, 0) is 37.1 Å². The van der Waals surface area contributed by atoms with E-state index in [2.05, 4.69) is 16.0 Å². The topological polar surface area (TPSA) is 94.1 Å². The fourth-order valence-corrected chi connectivity index (χ4v) is 4.64. The molecule has 0 fully saturated rings. The monoisotopic (exact) mass is 416 g/mol. The van der Waals surface area contributed by atoms with Crippen LogP contribution in [0.4, 0.5) is 0 Å². The van der Waals surface area contributed by atoms with Gasteiger partial charge in [0.1, 0.15) is 5.56 Å². The highest BCUT2D eigenvalue weighted by Crippen LogP contribution is 2.38. The molecule has 1 aliphatic rings. The minimum absolute atomic E-state index is 0.197. The Morgan fingerprint density at radius 3 is 2.58 bits per heavy atom. The number of aromatic hydroxyl groups is 1. The smallest absolute Gasteiger partial charge is 0.331 e. The van der Waals surface area contributed by atoms with E-state index in [1.165, 1.54) is 4.57 Å². The maximum atomic E-state index is 12.9. The molecule has 1 unspecified atom stereocenters. The van der Waals surface area contributed by atoms with Gasteiger partial charge in [-0.2, -0.15) is 0 Å². The second kappa shape index (κ2) is 7.59. The van der Waals surface area contributed by atoms with Crippen LogP contribution in [0.15, 0.2) is 64.2 Å². The first-order valence-corrected chi connectivity index (χ1v) is 10.4. The number of aromatic nitrogens is 3. The lowest BCUT2D eigenvalue weighted by atomic mass is 9.94. The highest BCUT2D eigenvalue weighted by atomic mass is 16.3. The third-order valence-electron chi connectivity index (χ3n) is 6.22. The normalized spacial score (nSPS) is 16.5. The van der Waals surface area contributed by atoms with Crippen LogP contribution in [0.2, 0.25) is 0 Å². The predicted octanol–water partition coefficient (Wildman–Crippen LogP) is 2.54. The van der Waals surface area contributed by atoms with Crippen LogP contribution < -0.4 is 11.2 Å². The minimum atomic E-state index is -0.600. The Kier molecular flexibility index (Phi) is 4.75. The zero-order valence-electron chi connectivity index (χ0n) is 17.3. The van der Waals surface area contributed by atoms with Gasteiger partial charge >= 0.3 is 5.69 Å². The van der Waals surface area contributed by atoms with E-state index in [-0.39, 0.29) is 18.0 Å². The van der Waals surface area contributed by atoms with E-state index in [1.54, 1.807) is 0 Å². The van der Waals surface area contributed by atoms with Gasteiger partial charge < -0.3 is 10.1 Å². The quantitative estimate of drug-likeness (QED) is 0.477. The van der Waals surface area contributed by atoms with E-state index < -0.39 is 17.3 Å². The van der Waals surface area contributed by atoms with Crippen LogP contribution >= 0.6 is 0 Å². The van der Waals surface area contributed by atoms with Crippen LogP contribution in [0.1, 0.15) is 28.4 Å². The number of fused-ring (bicyclic) bond motifs is 3. The van der Waals surface area contributed by atoms with E-state index in [1.807, 2.05) is 60.5 Å². The average Bonchev–Trinajstić information content (AvgIpc) is 3.14. The van der Waals surface area contributed by atoms with Crippen LogP contribution in [0.3, 0.4) is 0 Å². The SMILES string of the molecule is CN1CCc2c([nH]c3ccccc23)C1c1c(O)n(CCc2ccccc2)c(=O)[nH]c1=O. The Hall–Kier alpha value is -3.58. The number of aryl methyl sites for hydroxylation is 1. The van der Waals surface area contributed by atoms with Crippen molar-refractivity contribution in [3.8, 4) is 5.88 Å². The molecule has 158 valence electrons. The molecule has 2 aromatic heterocycles. The van der Waals surface area contributed by atoms with Crippen molar-refractivity contribution in [3.05, 3.63) is 97.8 Å². The summed E-state index contributed by atoms with van der Waals surface area (Å²) in [6, 6.07) is 17.3. The predicted molar refractivity (Wildman–Crippen MR) is 120 cm³/mol. The largest absolute Gasteiger partial charge is 0.494 e. The van der Waals surface area contributed by atoms with Gasteiger partial charge in [0, 0.05) is 29.7 Å². The number of rotatable bonds is 4. The summed E-state index contributed by atoms with van der Waals surface area (Å²) < 4.78 is 1.26. The molecule has 31 heavy (non-hydrogen) atoms. The summed E-state index contributed by atoms with van der Waals surface area (Å²) >= 11 is 0. The van der Waals surface area contributed by atoms with Crippen molar-refractivity contribution in [2.75, 3.05) is 13.6 Å². The molecule has 2 aromatic carbocycles. The van der Waals surface area contributed by atoms with Crippen molar-refractivity contribution in [2.24, 2.45) is 0 Å². The Bertz CT molecular complexity index is 1370. The summed E-state index contributed by atoms with van der Waals surface area (Å²) in [6.45, 7) is 1.01. The van der Waals surface area contributed by atoms with Crippen LogP contribution in [0.25, 0.3) is 10.9 Å². The first kappa shape index (κ1) is 19.4. The molecule has 0 saturated heterocycles. The van der Waals surface area contributed by atoms with Gasteiger partial charge in [-0.25, -0.2) is 4.79 Å². The maximum absolute atomic E-state index is 12.9. The molecule has 0 bridgehead atoms. The zero-order chi connectivity index (χ0) is 21.5. The first-order valence-electron chi connectivity index (χ1n) is 10.4. The molecule has 3 heterocycles. The molecule has 0 radical (unpaired) electrons. The van der Waals surface area contributed by atoms with E-state index in [4.69, 9.17) is 0 Å². The lowest BCUT2D eigenvalue weighted by Crippen LogP contribution is -2.40. The second-order valence-corrected chi connectivity index (χ2v) is 8.08. The third-order valence-corrected chi connectivity index (χ3v) is 6.22. The van der Waals surface area contributed by atoms with E-state index in [0.29, 0.717) is 6.42 Å². The van der Waals surface area contributed by atoms with Gasteiger partial charge in [0.25, 0.3) is 5.56 Å². The zero-order valence-corrected chi connectivity index (χ0v) is 17.3. The third kappa shape index (κ3) is 3.27. The summed E-state index contributed by atoms with van der Waals surface area (Å²) in [7, 11) is 1.93. The number of likely N-dealkylation sites (N-methyl/N-ethyl adjacent to an activating group) is 1. The lowest BCUT2D eigenvalue weighted by Gasteiger charge is -2.33. The Labute approximate surface area is 178 Å². The van der Waals surface area contributed by atoms with Gasteiger partial charge in [0.2, 0.25) is 5.88 Å². The molecule has 7 nitrogen and oxygen atoms in total. The first-order chi connectivity index (χ1) is 15.0. The van der Waals surface area contributed by atoms with Crippen LogP contribution in [-0.4, -0.2) is 38.1 Å². The number of nitrogens with zero attached hydrogens (tertiary/aromatic N) is 2. The molecule has 1 aliphatic heterocycles. The fraction of sp³-hybridized carbons (Fsp3) is 0.250. The highest BCUT2D eigenvalue weighted by Gasteiger charge is 2.34. The summed E-state index contributed by atoms with van der Waals surface area (Å²) in [4.78, 5) is 33.3. The van der Waals surface area contributed by atoms with Gasteiger partial charge in [0.15, 0.2) is 0 Å². The Morgan fingerprint density at radius 1 is 1.03 bits per heavy atom. The number of hydrogen-bond donors (Lipinski definition) is 3. The average molecular weight is 416 g/mol. The number of H-pyrrole nitrogens is 2. The van der Waals surface area contributed by atoms with Crippen molar-refractivity contribution in [1.82, 2.24) is 19.4 Å². The van der Waals surface area contributed by atoms with E-state index in [0.717, 1.165) is 40.7 Å². The van der Waals surface area contributed by atoms with Crippen LogP contribution in [0.5, 0.6) is 5.88 Å². The summed E-state index contributed by atoms with van der Waals surface area (Å²) in [5.41, 5.74) is 3.14. The summed E-state index contributed by atoms with van der Waals surface area (Å²) in [5, 5.41) is 12.2. The molecule has 7 heteroatoms. The van der Waals surface area contributed by atoms with Gasteiger partial charge in [-0.15, -0.1) is 0 Å². The van der Waals surface area contributed by atoms with Gasteiger partial charge in [0.05, 0.1) is 6.04 Å². The van der Waals surface area contributed by atoms with Crippen molar-refractivity contribution in [2.45, 2.75) is 25.4 Å². The number of benzene rings is 2. The summed E-state index contributed by atoms with van der Waals surface area (Å²) in [6.07, 6.45) is 1.41. The number of aromatic amines is 2. The van der Waals surface area contributed by atoms with Crippen LogP contribution in [-0.2, 0) is 19.4 Å². The molecule has 0 amide bonds. The number of hydrogen-bond acceptors (Lipinski definition) is 4. The Morgan fingerprint density at radius 2 is 1.77 bits per heavy atom. The number of para-hydroxylation sites is 1. The molecule has 0 aliphatic carbocycles. The summed E-state index contributed by atoms with van der Waals surface area (Å²) in [5.74, 6) is -0.270. The van der Waals surface area contributed by atoms with Crippen molar-refractivity contribution in [3.63, 3.8) is 0 Å². The van der Waals surface area contributed by atoms with E-state index >= 15 is 0 Å². The Balaban J connectivity index is 1.62. The molecular formula is C24H24N4O3. The van der Waals surface area contributed by atoms with Crippen molar-refractivity contribution < 1.29 is 5.11 Å². The minimum Gasteiger partial charge on any atom is -0.494 e. The molecule has 0 spiro atoms. The molecule has 1 atom stereocenters. The van der Waals surface area contributed by atoms with Gasteiger partial charge in [-0.3, -0.25) is 19.2 Å². The van der Waals surface area contributed by atoms with Crippen molar-refractivity contribution in [1.29, 1.82) is 0 Å². The molecule has 0 saturated carbocycles. The highest BCUT2D eigenvalue weighted by molar-refractivity contribution is 5.85. The maximum Gasteiger partial charge on any atom is 0.331 e. The molecule has 4 aromatic rings. The number of nitrogens with one attached hydrogen (secondary N) is 2. The molecule has 3 N–H and O–H groups in total. The van der Waals surface area contributed by atoms with E-state index in [9.17, 15) is 14.7 Å². The standard InChI is InChI=1S/C24H24N4O3/c1-27-13-12-17-16-9-5-6-10-18(16)25-20(17)21(27)19-22(29)26-24(31)28(23(19)30)14-11-15-7-3-2-4-8-15/h2-10,21,25,30H,11-14H2,1H3,(H,26,29,31). The molecule has 5 rings (SSSR count). The molecular weight excluding hydrogens is 392 g/mol. The van der Waals surface area contributed by atoms with Gasteiger partial charge in [-0.1, -0.05) is 48.5 Å². The fourth-order valence-electron chi connectivity index (χ4n) is 4.64.